The van der Waals surface area contributed by atoms with Crippen LogP contribution in [0, 0.1) is 17.2 Å². The smallest absolute Gasteiger partial charge is 0.146 e. The van der Waals surface area contributed by atoms with Crippen LogP contribution in [0.25, 0.3) is 0 Å². The second kappa shape index (κ2) is 4.95. The first-order chi connectivity index (χ1) is 8.86. The standard InChI is InChI=1S/C14H18N4/c15-10-13-2-1-5-16-14(13)18-8-6-17(7-9-18)11-12-3-4-12/h1-2,5,12H,3-4,6-9,11H2. The summed E-state index contributed by atoms with van der Waals surface area (Å²) >= 11 is 0. The molecule has 1 aliphatic heterocycles. The van der Waals surface area contributed by atoms with Crippen LogP contribution in [0.3, 0.4) is 0 Å². The van der Waals surface area contributed by atoms with Gasteiger partial charge in [-0.2, -0.15) is 5.26 Å². The van der Waals surface area contributed by atoms with Crippen molar-refractivity contribution in [3.05, 3.63) is 23.9 Å². The fourth-order valence-corrected chi connectivity index (χ4v) is 2.54. The fraction of sp³-hybridized carbons (Fsp3) is 0.571. The van der Waals surface area contributed by atoms with Gasteiger partial charge < -0.3 is 4.90 Å². The topological polar surface area (TPSA) is 43.2 Å². The number of nitriles is 1. The first-order valence-electron chi connectivity index (χ1n) is 6.69. The lowest BCUT2D eigenvalue weighted by Crippen LogP contribution is -2.47. The van der Waals surface area contributed by atoms with E-state index in [9.17, 15) is 0 Å². The fourth-order valence-electron chi connectivity index (χ4n) is 2.54. The second-order valence-electron chi connectivity index (χ2n) is 5.22. The Hall–Kier alpha value is -1.60. The van der Waals surface area contributed by atoms with Crippen molar-refractivity contribution in [1.82, 2.24) is 9.88 Å². The molecule has 0 bridgehead atoms. The highest BCUT2D eigenvalue weighted by atomic mass is 15.3. The van der Waals surface area contributed by atoms with Crippen molar-refractivity contribution in [2.45, 2.75) is 12.8 Å². The van der Waals surface area contributed by atoms with Crippen LogP contribution in [0.4, 0.5) is 5.82 Å². The minimum Gasteiger partial charge on any atom is -0.353 e. The second-order valence-corrected chi connectivity index (χ2v) is 5.22. The van der Waals surface area contributed by atoms with E-state index in [0.717, 1.165) is 37.9 Å². The molecule has 0 amide bonds. The quantitative estimate of drug-likeness (QED) is 0.805. The molecule has 2 aliphatic rings. The molecular weight excluding hydrogens is 224 g/mol. The molecule has 0 spiro atoms. The maximum Gasteiger partial charge on any atom is 0.146 e. The van der Waals surface area contributed by atoms with E-state index < -0.39 is 0 Å². The average molecular weight is 242 g/mol. The monoisotopic (exact) mass is 242 g/mol. The summed E-state index contributed by atoms with van der Waals surface area (Å²) in [6, 6.07) is 5.90. The van der Waals surface area contributed by atoms with Crippen molar-refractivity contribution in [2.75, 3.05) is 37.6 Å². The highest BCUT2D eigenvalue weighted by Crippen LogP contribution is 2.30. The number of hydrogen-bond acceptors (Lipinski definition) is 4. The molecule has 2 fully saturated rings. The third-order valence-electron chi connectivity index (χ3n) is 3.79. The van der Waals surface area contributed by atoms with Crippen LogP contribution >= 0.6 is 0 Å². The molecule has 0 atom stereocenters. The molecule has 0 aromatic carbocycles. The van der Waals surface area contributed by atoms with Crippen LogP contribution in [0.1, 0.15) is 18.4 Å². The van der Waals surface area contributed by atoms with Crippen molar-refractivity contribution in [2.24, 2.45) is 5.92 Å². The van der Waals surface area contributed by atoms with Gasteiger partial charge in [0.1, 0.15) is 11.9 Å². The van der Waals surface area contributed by atoms with Crippen LogP contribution in [0.5, 0.6) is 0 Å². The SMILES string of the molecule is N#Cc1cccnc1N1CCN(CC2CC2)CC1. The van der Waals surface area contributed by atoms with Gasteiger partial charge in [0, 0.05) is 38.9 Å². The molecule has 0 N–H and O–H groups in total. The number of rotatable bonds is 3. The molecule has 2 heterocycles. The molecule has 0 unspecified atom stereocenters. The number of piperazine rings is 1. The normalized spacial score (nSPS) is 20.7. The van der Waals surface area contributed by atoms with Crippen LogP contribution < -0.4 is 4.90 Å². The Morgan fingerprint density at radius 1 is 1.28 bits per heavy atom. The van der Waals surface area contributed by atoms with Crippen molar-refractivity contribution >= 4 is 5.82 Å². The maximum absolute atomic E-state index is 9.10. The molecule has 1 saturated carbocycles. The minimum atomic E-state index is 0.688. The summed E-state index contributed by atoms with van der Waals surface area (Å²) in [5.74, 6) is 1.81. The Morgan fingerprint density at radius 3 is 2.72 bits per heavy atom. The molecule has 0 radical (unpaired) electrons. The Labute approximate surface area is 108 Å². The third-order valence-corrected chi connectivity index (χ3v) is 3.79. The predicted octanol–water partition coefficient (Wildman–Crippen LogP) is 1.49. The molecule has 1 aromatic heterocycles. The Morgan fingerprint density at radius 2 is 2.06 bits per heavy atom. The molecule has 1 saturated heterocycles. The van der Waals surface area contributed by atoms with Gasteiger partial charge >= 0.3 is 0 Å². The summed E-state index contributed by atoms with van der Waals surface area (Å²) in [7, 11) is 0. The van der Waals surface area contributed by atoms with Crippen LogP contribution in [0.15, 0.2) is 18.3 Å². The van der Waals surface area contributed by atoms with Crippen LogP contribution in [-0.4, -0.2) is 42.6 Å². The largest absolute Gasteiger partial charge is 0.353 e. The van der Waals surface area contributed by atoms with Gasteiger partial charge in [0.15, 0.2) is 0 Å². The van der Waals surface area contributed by atoms with Crippen molar-refractivity contribution < 1.29 is 0 Å². The van der Waals surface area contributed by atoms with Gasteiger partial charge in [0.25, 0.3) is 0 Å². The zero-order chi connectivity index (χ0) is 12.4. The van der Waals surface area contributed by atoms with Gasteiger partial charge in [0.05, 0.1) is 5.56 Å². The Balaban J connectivity index is 1.63. The first kappa shape index (κ1) is 11.5. The lowest BCUT2D eigenvalue weighted by Gasteiger charge is -2.35. The molecule has 4 nitrogen and oxygen atoms in total. The summed E-state index contributed by atoms with van der Waals surface area (Å²) in [4.78, 5) is 9.14. The summed E-state index contributed by atoms with van der Waals surface area (Å²) in [6.07, 6.45) is 4.60. The van der Waals surface area contributed by atoms with E-state index in [2.05, 4.69) is 20.9 Å². The minimum absolute atomic E-state index is 0.688. The van der Waals surface area contributed by atoms with Crippen molar-refractivity contribution in [1.29, 1.82) is 5.26 Å². The summed E-state index contributed by atoms with van der Waals surface area (Å²) in [6.45, 7) is 5.42. The Kier molecular flexibility index (Phi) is 3.16. The predicted molar refractivity (Wildman–Crippen MR) is 70.3 cm³/mol. The van der Waals surface area contributed by atoms with Gasteiger partial charge in [0.2, 0.25) is 0 Å². The third kappa shape index (κ3) is 2.46. The number of aromatic nitrogens is 1. The molecule has 1 aromatic rings. The summed E-state index contributed by atoms with van der Waals surface area (Å²) < 4.78 is 0. The number of nitrogens with zero attached hydrogens (tertiary/aromatic N) is 4. The van der Waals surface area contributed by atoms with E-state index >= 15 is 0 Å². The van der Waals surface area contributed by atoms with Gasteiger partial charge in [-0.15, -0.1) is 0 Å². The van der Waals surface area contributed by atoms with E-state index in [0.29, 0.717) is 5.56 Å². The number of hydrogen-bond donors (Lipinski definition) is 0. The van der Waals surface area contributed by atoms with Gasteiger partial charge in [-0.1, -0.05) is 0 Å². The van der Waals surface area contributed by atoms with E-state index in [1.54, 1.807) is 6.20 Å². The molecule has 4 heteroatoms. The highest BCUT2D eigenvalue weighted by molar-refractivity contribution is 5.53. The van der Waals surface area contributed by atoms with Gasteiger partial charge in [-0.3, -0.25) is 4.90 Å². The van der Waals surface area contributed by atoms with Crippen LogP contribution in [0.2, 0.25) is 0 Å². The average Bonchev–Trinajstić information content (AvgIpc) is 3.24. The molecule has 18 heavy (non-hydrogen) atoms. The number of anilines is 1. The van der Waals surface area contributed by atoms with E-state index in [4.69, 9.17) is 5.26 Å². The zero-order valence-corrected chi connectivity index (χ0v) is 10.5. The van der Waals surface area contributed by atoms with E-state index in [1.165, 1.54) is 19.4 Å². The molecule has 1 aliphatic carbocycles. The van der Waals surface area contributed by atoms with Gasteiger partial charge in [-0.25, -0.2) is 4.98 Å². The van der Waals surface area contributed by atoms with Crippen LogP contribution in [-0.2, 0) is 0 Å². The van der Waals surface area contributed by atoms with E-state index in [-0.39, 0.29) is 0 Å². The zero-order valence-electron chi connectivity index (χ0n) is 10.5. The molecule has 94 valence electrons. The first-order valence-corrected chi connectivity index (χ1v) is 6.69. The maximum atomic E-state index is 9.10. The van der Waals surface area contributed by atoms with Crippen molar-refractivity contribution in [3.8, 4) is 6.07 Å². The Bertz CT molecular complexity index is 453. The lowest BCUT2D eigenvalue weighted by molar-refractivity contribution is 0.247. The highest BCUT2D eigenvalue weighted by Gasteiger charge is 2.27. The molecular formula is C14H18N4. The summed E-state index contributed by atoms with van der Waals surface area (Å²) in [5, 5.41) is 9.10. The molecule has 3 rings (SSSR count). The lowest BCUT2D eigenvalue weighted by atomic mass is 10.2. The number of pyridine rings is 1. The summed E-state index contributed by atoms with van der Waals surface area (Å²) in [5.41, 5.74) is 0.688. The van der Waals surface area contributed by atoms with E-state index in [1.807, 2.05) is 12.1 Å². The van der Waals surface area contributed by atoms with Gasteiger partial charge in [-0.05, 0) is 30.9 Å². The van der Waals surface area contributed by atoms with Crippen molar-refractivity contribution in [3.63, 3.8) is 0 Å².